The molecule has 0 amide bonds. The smallest absolute Gasteiger partial charge is 0.258 e. The first-order valence-electron chi connectivity index (χ1n) is 10.4. The van der Waals surface area contributed by atoms with Crippen LogP contribution < -0.4 is 5.56 Å². The van der Waals surface area contributed by atoms with E-state index in [1.807, 2.05) is 73.7 Å². The van der Waals surface area contributed by atoms with Gasteiger partial charge in [0.2, 0.25) is 0 Å². The number of nitrogens with one attached hydrogen (secondary N) is 1. The maximum atomic E-state index is 12.5. The highest BCUT2D eigenvalue weighted by molar-refractivity contribution is 7.99. The Labute approximate surface area is 189 Å². The zero-order valence-corrected chi connectivity index (χ0v) is 18.3. The molecule has 5 rings (SSSR count). The van der Waals surface area contributed by atoms with E-state index in [4.69, 9.17) is 0 Å². The molecule has 2 aromatic heterocycles. The molecule has 2 heterocycles. The Kier molecular flexibility index (Phi) is 5.56. The quantitative estimate of drug-likeness (QED) is 0.379. The Balaban J connectivity index is 1.51. The lowest BCUT2D eigenvalue weighted by atomic mass is 10.1. The Morgan fingerprint density at radius 2 is 1.59 bits per heavy atom. The average molecular weight is 440 g/mol. The summed E-state index contributed by atoms with van der Waals surface area (Å²) in [6.45, 7) is 2.01. The fourth-order valence-electron chi connectivity index (χ4n) is 3.62. The van der Waals surface area contributed by atoms with Crippen molar-refractivity contribution < 1.29 is 0 Å². The van der Waals surface area contributed by atoms with Gasteiger partial charge < -0.3 is 4.98 Å². The summed E-state index contributed by atoms with van der Waals surface area (Å²) >= 11 is 1.52. The third-order valence-corrected chi connectivity index (χ3v) is 6.27. The molecule has 0 radical (unpaired) electrons. The van der Waals surface area contributed by atoms with Crippen molar-refractivity contribution in [3.05, 3.63) is 112 Å². The van der Waals surface area contributed by atoms with Crippen LogP contribution in [0.3, 0.4) is 0 Å². The molecule has 0 aliphatic rings. The van der Waals surface area contributed by atoms with Gasteiger partial charge in [-0.05, 0) is 36.8 Å². The number of benzene rings is 3. The van der Waals surface area contributed by atoms with Gasteiger partial charge in [0.1, 0.15) is 11.6 Å². The van der Waals surface area contributed by atoms with Crippen molar-refractivity contribution in [1.82, 2.24) is 24.7 Å². The number of aromatic nitrogens is 5. The van der Waals surface area contributed by atoms with Crippen LogP contribution in [0, 0.1) is 0 Å². The normalized spacial score (nSPS) is 12.2. The minimum absolute atomic E-state index is 0.122. The summed E-state index contributed by atoms with van der Waals surface area (Å²) in [6, 6.07) is 27.7. The molecule has 1 atom stereocenters. The first kappa shape index (κ1) is 20.2. The van der Waals surface area contributed by atoms with Crippen molar-refractivity contribution in [2.24, 2.45) is 0 Å². The standard InChI is InChI=1S/C25H21N5OS/c1-17(23-26-21-15-9-8-14-20(21)24(31)27-23)32-25-29-28-22(16-18-10-4-2-5-11-18)30(25)19-12-6-3-7-13-19/h2-15,17H,16H2,1H3,(H,26,27,31). The number of H-pyrrole nitrogens is 1. The van der Waals surface area contributed by atoms with Crippen LogP contribution in [0.5, 0.6) is 0 Å². The van der Waals surface area contributed by atoms with E-state index in [1.165, 1.54) is 17.3 Å². The van der Waals surface area contributed by atoms with E-state index in [0.29, 0.717) is 23.1 Å². The van der Waals surface area contributed by atoms with E-state index in [9.17, 15) is 4.79 Å². The molecule has 158 valence electrons. The minimum Gasteiger partial charge on any atom is -0.309 e. The van der Waals surface area contributed by atoms with E-state index in [1.54, 1.807) is 6.07 Å². The predicted octanol–water partition coefficient (Wildman–Crippen LogP) is 4.95. The van der Waals surface area contributed by atoms with Gasteiger partial charge in [0.15, 0.2) is 5.16 Å². The van der Waals surface area contributed by atoms with Gasteiger partial charge in [-0.1, -0.05) is 72.4 Å². The van der Waals surface area contributed by atoms with Gasteiger partial charge in [-0.3, -0.25) is 9.36 Å². The van der Waals surface area contributed by atoms with Gasteiger partial charge in [0.25, 0.3) is 5.56 Å². The van der Waals surface area contributed by atoms with E-state index in [2.05, 4.69) is 36.9 Å². The van der Waals surface area contributed by atoms with Gasteiger partial charge in [0, 0.05) is 12.1 Å². The number of rotatable bonds is 6. The molecule has 6 nitrogen and oxygen atoms in total. The van der Waals surface area contributed by atoms with Crippen molar-refractivity contribution in [2.75, 3.05) is 0 Å². The fourth-order valence-corrected chi connectivity index (χ4v) is 4.56. The Hall–Kier alpha value is -3.71. The summed E-state index contributed by atoms with van der Waals surface area (Å²) < 4.78 is 2.08. The van der Waals surface area contributed by atoms with E-state index >= 15 is 0 Å². The monoisotopic (exact) mass is 439 g/mol. The third kappa shape index (κ3) is 4.07. The fraction of sp³-hybridized carbons (Fsp3) is 0.120. The molecular formula is C25H21N5OS. The van der Waals surface area contributed by atoms with Gasteiger partial charge in [-0.15, -0.1) is 10.2 Å². The summed E-state index contributed by atoms with van der Waals surface area (Å²) in [5, 5.41) is 10.2. The van der Waals surface area contributed by atoms with Crippen molar-refractivity contribution >= 4 is 22.7 Å². The lowest BCUT2D eigenvalue weighted by Gasteiger charge is -2.14. The second-order valence-electron chi connectivity index (χ2n) is 7.46. The number of hydrogen-bond acceptors (Lipinski definition) is 5. The number of nitrogens with zero attached hydrogens (tertiary/aromatic N) is 4. The molecular weight excluding hydrogens is 418 g/mol. The van der Waals surface area contributed by atoms with Gasteiger partial charge in [-0.2, -0.15) is 0 Å². The van der Waals surface area contributed by atoms with Crippen molar-refractivity contribution in [3.63, 3.8) is 0 Å². The second-order valence-corrected chi connectivity index (χ2v) is 8.77. The molecule has 0 aliphatic carbocycles. The maximum Gasteiger partial charge on any atom is 0.258 e. The molecule has 0 saturated carbocycles. The SMILES string of the molecule is CC(Sc1nnc(Cc2ccccc2)n1-c1ccccc1)c1nc2ccccc2c(=O)[nH]1. The van der Waals surface area contributed by atoms with Crippen LogP contribution in [0.25, 0.3) is 16.6 Å². The highest BCUT2D eigenvalue weighted by atomic mass is 32.2. The number of aromatic amines is 1. The molecule has 3 aromatic carbocycles. The van der Waals surface area contributed by atoms with Crippen LogP contribution in [0.2, 0.25) is 0 Å². The Morgan fingerprint density at radius 1 is 0.906 bits per heavy atom. The molecule has 32 heavy (non-hydrogen) atoms. The molecule has 1 unspecified atom stereocenters. The summed E-state index contributed by atoms with van der Waals surface area (Å²) in [6.07, 6.45) is 0.669. The molecule has 0 saturated heterocycles. The zero-order chi connectivity index (χ0) is 21.9. The van der Waals surface area contributed by atoms with E-state index in [-0.39, 0.29) is 10.8 Å². The van der Waals surface area contributed by atoms with Gasteiger partial charge >= 0.3 is 0 Å². The number of hydrogen-bond donors (Lipinski definition) is 1. The van der Waals surface area contributed by atoms with Crippen LogP contribution in [0.15, 0.2) is 94.9 Å². The first-order chi connectivity index (χ1) is 15.7. The lowest BCUT2D eigenvalue weighted by molar-refractivity contribution is 0.836. The molecule has 0 fully saturated rings. The summed E-state index contributed by atoms with van der Waals surface area (Å²) in [4.78, 5) is 20.1. The summed E-state index contributed by atoms with van der Waals surface area (Å²) in [5.74, 6) is 1.47. The lowest BCUT2D eigenvalue weighted by Crippen LogP contribution is -2.13. The third-order valence-electron chi connectivity index (χ3n) is 5.22. The van der Waals surface area contributed by atoms with Crippen LogP contribution in [-0.2, 0) is 6.42 Å². The van der Waals surface area contributed by atoms with Crippen LogP contribution in [0.4, 0.5) is 0 Å². The van der Waals surface area contributed by atoms with Crippen molar-refractivity contribution in [3.8, 4) is 5.69 Å². The molecule has 0 bridgehead atoms. The molecule has 5 aromatic rings. The number of thioether (sulfide) groups is 1. The Morgan fingerprint density at radius 3 is 2.38 bits per heavy atom. The molecule has 7 heteroatoms. The Bertz CT molecular complexity index is 1410. The number of fused-ring (bicyclic) bond motifs is 1. The summed E-state index contributed by atoms with van der Waals surface area (Å²) in [7, 11) is 0. The van der Waals surface area contributed by atoms with Crippen molar-refractivity contribution in [1.29, 1.82) is 0 Å². The van der Waals surface area contributed by atoms with Crippen LogP contribution >= 0.6 is 11.8 Å². The van der Waals surface area contributed by atoms with Crippen LogP contribution in [0.1, 0.15) is 29.4 Å². The molecule has 0 aliphatic heterocycles. The van der Waals surface area contributed by atoms with Crippen molar-refractivity contribution in [2.45, 2.75) is 23.8 Å². The zero-order valence-electron chi connectivity index (χ0n) is 17.5. The van der Waals surface area contributed by atoms with Gasteiger partial charge in [0.05, 0.1) is 16.2 Å². The van der Waals surface area contributed by atoms with Gasteiger partial charge in [-0.25, -0.2) is 4.98 Å². The topological polar surface area (TPSA) is 76.5 Å². The minimum atomic E-state index is -0.132. The average Bonchev–Trinajstić information content (AvgIpc) is 3.22. The van der Waals surface area contributed by atoms with Crippen LogP contribution in [-0.4, -0.2) is 24.7 Å². The first-order valence-corrected chi connectivity index (χ1v) is 11.3. The van der Waals surface area contributed by atoms with E-state index < -0.39 is 0 Å². The molecule has 1 N–H and O–H groups in total. The predicted molar refractivity (Wildman–Crippen MR) is 127 cm³/mol. The maximum absolute atomic E-state index is 12.5. The highest BCUT2D eigenvalue weighted by Gasteiger charge is 2.20. The second kappa shape index (κ2) is 8.80. The van der Waals surface area contributed by atoms with E-state index in [0.717, 1.165) is 16.7 Å². The molecule has 0 spiro atoms. The summed E-state index contributed by atoms with van der Waals surface area (Å²) in [5.41, 5.74) is 2.72. The largest absolute Gasteiger partial charge is 0.309 e. The number of para-hydroxylation sites is 2. The highest BCUT2D eigenvalue weighted by Crippen LogP contribution is 2.34.